The molecule has 0 radical (unpaired) electrons. The molecule has 0 aliphatic carbocycles. The summed E-state index contributed by atoms with van der Waals surface area (Å²) in [5.41, 5.74) is 3.52. The Morgan fingerprint density at radius 2 is 2.08 bits per heavy atom. The highest BCUT2D eigenvalue weighted by Gasteiger charge is 2.15. The third-order valence-electron chi connectivity index (χ3n) is 3.66. The Morgan fingerprint density at radius 1 is 1.25 bits per heavy atom. The normalized spacial score (nSPS) is 11.5. The Hall–Kier alpha value is -3.04. The fourth-order valence-electron chi connectivity index (χ4n) is 2.42. The second-order valence-corrected chi connectivity index (χ2v) is 5.76. The number of imidazole rings is 1. The lowest BCUT2D eigenvalue weighted by Crippen LogP contribution is -1.88. The molecule has 1 N–H and O–H groups in total. The summed E-state index contributed by atoms with van der Waals surface area (Å²) >= 11 is 0. The van der Waals surface area contributed by atoms with Crippen molar-refractivity contribution in [2.24, 2.45) is 10.2 Å². The van der Waals surface area contributed by atoms with E-state index in [1.807, 2.05) is 36.6 Å². The number of hydrogen-bond acceptors (Lipinski definition) is 5. The van der Waals surface area contributed by atoms with Crippen molar-refractivity contribution < 1.29 is 5.11 Å². The van der Waals surface area contributed by atoms with Crippen LogP contribution < -0.4 is 0 Å². The Balaban J connectivity index is 2.08. The van der Waals surface area contributed by atoms with Crippen molar-refractivity contribution in [1.82, 2.24) is 9.38 Å². The lowest BCUT2D eigenvalue weighted by Gasteiger charge is -2.02. The maximum absolute atomic E-state index is 9.28. The largest absolute Gasteiger partial charge is 0.392 e. The van der Waals surface area contributed by atoms with Gasteiger partial charge in [-0.15, -0.1) is 10.2 Å². The Labute approximate surface area is 139 Å². The third-order valence-corrected chi connectivity index (χ3v) is 3.66. The Bertz CT molecular complexity index is 950. The second-order valence-electron chi connectivity index (χ2n) is 5.76. The van der Waals surface area contributed by atoms with E-state index >= 15 is 0 Å². The molecule has 2 heterocycles. The second kappa shape index (κ2) is 6.60. The van der Waals surface area contributed by atoms with Crippen LogP contribution in [0.4, 0.5) is 11.5 Å². The lowest BCUT2D eigenvalue weighted by atomic mass is 10.1. The Kier molecular flexibility index (Phi) is 4.36. The Morgan fingerprint density at radius 3 is 2.79 bits per heavy atom. The molecule has 1 aromatic carbocycles. The average Bonchev–Trinajstić information content (AvgIpc) is 2.98. The highest BCUT2D eigenvalue weighted by atomic mass is 16.3. The monoisotopic (exact) mass is 319 g/mol. The van der Waals surface area contributed by atoms with E-state index < -0.39 is 0 Å². The first kappa shape index (κ1) is 15.8. The minimum atomic E-state index is -0.0296. The van der Waals surface area contributed by atoms with E-state index in [4.69, 9.17) is 5.26 Å². The van der Waals surface area contributed by atoms with Gasteiger partial charge in [-0.2, -0.15) is 5.26 Å². The fraction of sp³-hybridized carbons (Fsp3) is 0.222. The van der Waals surface area contributed by atoms with Gasteiger partial charge in [0.2, 0.25) is 0 Å². The summed E-state index contributed by atoms with van der Waals surface area (Å²) in [7, 11) is 0. The molecule has 0 unspecified atom stereocenters. The molecule has 0 atom stereocenters. The van der Waals surface area contributed by atoms with Gasteiger partial charge < -0.3 is 5.11 Å². The van der Waals surface area contributed by atoms with Crippen LogP contribution in [0.1, 0.15) is 36.6 Å². The molecule has 0 amide bonds. The highest BCUT2D eigenvalue weighted by molar-refractivity contribution is 5.54. The molecule has 2 aromatic heterocycles. The van der Waals surface area contributed by atoms with Crippen LogP contribution in [0, 0.1) is 11.3 Å². The van der Waals surface area contributed by atoms with E-state index in [0.717, 1.165) is 16.9 Å². The molecule has 0 aliphatic rings. The van der Waals surface area contributed by atoms with Gasteiger partial charge in [-0.3, -0.25) is 4.40 Å². The molecule has 0 aliphatic heterocycles. The number of aliphatic hydroxyl groups is 1. The van der Waals surface area contributed by atoms with Gasteiger partial charge in [0.25, 0.3) is 0 Å². The van der Waals surface area contributed by atoms with E-state index in [2.05, 4.69) is 21.3 Å². The van der Waals surface area contributed by atoms with Gasteiger partial charge in [-0.1, -0.05) is 19.9 Å². The van der Waals surface area contributed by atoms with Gasteiger partial charge in [0.1, 0.15) is 5.65 Å². The van der Waals surface area contributed by atoms with Crippen LogP contribution >= 0.6 is 0 Å². The van der Waals surface area contributed by atoms with E-state index in [0.29, 0.717) is 17.1 Å². The summed E-state index contributed by atoms with van der Waals surface area (Å²) in [6, 6.07) is 12.7. The van der Waals surface area contributed by atoms with Gasteiger partial charge in [0, 0.05) is 6.20 Å². The predicted octanol–water partition coefficient (Wildman–Crippen LogP) is 4.24. The molecule has 6 nitrogen and oxygen atoms in total. The van der Waals surface area contributed by atoms with Crippen molar-refractivity contribution in [3.05, 3.63) is 59.4 Å². The number of aromatic nitrogens is 2. The number of aliphatic hydroxyl groups excluding tert-OH is 1. The maximum Gasteiger partial charge on any atom is 0.183 e. The summed E-state index contributed by atoms with van der Waals surface area (Å²) in [5.74, 6) is 0.841. The zero-order chi connectivity index (χ0) is 17.1. The SMILES string of the molecule is CC(C)c1nc2cc(CO)ccn2c1N=Nc1cccc(C#N)c1. The summed E-state index contributed by atoms with van der Waals surface area (Å²) in [5, 5.41) is 26.9. The van der Waals surface area contributed by atoms with Gasteiger partial charge in [-0.05, 0) is 41.8 Å². The number of hydrogen-bond donors (Lipinski definition) is 1. The van der Waals surface area contributed by atoms with E-state index in [-0.39, 0.29) is 12.5 Å². The molecule has 0 saturated carbocycles. The number of benzene rings is 1. The van der Waals surface area contributed by atoms with Crippen LogP contribution in [0.5, 0.6) is 0 Å². The van der Waals surface area contributed by atoms with Gasteiger partial charge >= 0.3 is 0 Å². The molecule has 3 aromatic rings. The minimum absolute atomic E-state index is 0.0296. The lowest BCUT2D eigenvalue weighted by molar-refractivity contribution is 0.282. The van der Waals surface area contributed by atoms with Crippen molar-refractivity contribution in [3.8, 4) is 6.07 Å². The molecule has 24 heavy (non-hydrogen) atoms. The molecule has 0 saturated heterocycles. The summed E-state index contributed by atoms with van der Waals surface area (Å²) < 4.78 is 1.85. The number of nitriles is 1. The van der Waals surface area contributed by atoms with Crippen molar-refractivity contribution in [2.45, 2.75) is 26.4 Å². The number of rotatable bonds is 4. The van der Waals surface area contributed by atoms with E-state index in [1.165, 1.54) is 0 Å². The molecule has 0 fully saturated rings. The topological polar surface area (TPSA) is 86.0 Å². The first-order valence-corrected chi connectivity index (χ1v) is 7.66. The molecule has 6 heteroatoms. The first-order chi connectivity index (χ1) is 11.6. The van der Waals surface area contributed by atoms with Crippen LogP contribution in [0.15, 0.2) is 52.8 Å². The maximum atomic E-state index is 9.28. The zero-order valence-electron chi connectivity index (χ0n) is 13.5. The van der Waals surface area contributed by atoms with Crippen LogP contribution in [-0.4, -0.2) is 14.5 Å². The van der Waals surface area contributed by atoms with Gasteiger partial charge in [0.05, 0.1) is 29.6 Å². The van der Waals surface area contributed by atoms with Crippen LogP contribution in [-0.2, 0) is 6.61 Å². The van der Waals surface area contributed by atoms with Crippen molar-refractivity contribution in [1.29, 1.82) is 5.26 Å². The summed E-state index contributed by atoms with van der Waals surface area (Å²) in [4.78, 5) is 4.61. The standard InChI is InChI=1S/C18H17N5O/c1-12(2)17-18(22-21-15-5-3-4-13(8-15)10-19)23-7-6-14(11-24)9-16(23)20-17/h3-9,12,24H,11H2,1-2H3. The third kappa shape index (κ3) is 3.03. The quantitative estimate of drug-likeness (QED) is 0.730. The molecule has 0 spiro atoms. The van der Waals surface area contributed by atoms with Crippen molar-refractivity contribution in [3.63, 3.8) is 0 Å². The van der Waals surface area contributed by atoms with E-state index in [1.54, 1.807) is 24.3 Å². The average molecular weight is 319 g/mol. The zero-order valence-corrected chi connectivity index (χ0v) is 13.5. The van der Waals surface area contributed by atoms with Gasteiger partial charge in [-0.25, -0.2) is 4.98 Å². The van der Waals surface area contributed by atoms with Crippen LogP contribution in [0.2, 0.25) is 0 Å². The predicted molar refractivity (Wildman–Crippen MR) is 90.5 cm³/mol. The molecule has 0 bridgehead atoms. The number of pyridine rings is 1. The number of azo groups is 1. The van der Waals surface area contributed by atoms with Crippen molar-refractivity contribution in [2.75, 3.05) is 0 Å². The minimum Gasteiger partial charge on any atom is -0.392 e. The molecule has 120 valence electrons. The number of nitrogens with zero attached hydrogens (tertiary/aromatic N) is 5. The van der Waals surface area contributed by atoms with Crippen LogP contribution in [0.3, 0.4) is 0 Å². The number of fused-ring (bicyclic) bond motifs is 1. The molecule has 3 rings (SSSR count). The fourth-order valence-corrected chi connectivity index (χ4v) is 2.42. The smallest absolute Gasteiger partial charge is 0.183 e. The van der Waals surface area contributed by atoms with E-state index in [9.17, 15) is 5.11 Å². The van der Waals surface area contributed by atoms with Crippen LogP contribution in [0.25, 0.3) is 5.65 Å². The molecular weight excluding hydrogens is 302 g/mol. The first-order valence-electron chi connectivity index (χ1n) is 7.66. The molecular formula is C18H17N5O. The highest BCUT2D eigenvalue weighted by Crippen LogP contribution is 2.29. The van der Waals surface area contributed by atoms with Crippen molar-refractivity contribution >= 4 is 17.2 Å². The van der Waals surface area contributed by atoms with Gasteiger partial charge in [0.15, 0.2) is 5.82 Å². The summed E-state index contributed by atoms with van der Waals surface area (Å²) in [6.45, 7) is 4.06. The summed E-state index contributed by atoms with van der Waals surface area (Å²) in [6.07, 6.45) is 1.83.